The van der Waals surface area contributed by atoms with E-state index >= 15 is 0 Å². The molecule has 0 spiro atoms. The highest BCUT2D eigenvalue weighted by molar-refractivity contribution is 5.05. The topological polar surface area (TPSA) is 45.0 Å². The lowest BCUT2D eigenvalue weighted by Crippen LogP contribution is -2.50. The van der Waals surface area contributed by atoms with Gasteiger partial charge in [-0.2, -0.15) is 5.26 Å². The Morgan fingerprint density at radius 2 is 1.94 bits per heavy atom. The summed E-state index contributed by atoms with van der Waals surface area (Å²) in [6.45, 7) is 5.05. The SMILES string of the molecule is CCOCC(C)(C#N)NC1CCCCCC1. The van der Waals surface area contributed by atoms with Crippen LogP contribution in [0.1, 0.15) is 52.4 Å². The normalized spacial score (nSPS) is 22.1. The molecule has 1 aliphatic carbocycles. The Balaban J connectivity index is 2.44. The van der Waals surface area contributed by atoms with Crippen molar-refractivity contribution in [2.75, 3.05) is 13.2 Å². The molecular formula is C13H24N2O. The lowest BCUT2D eigenvalue weighted by Gasteiger charge is -2.28. The van der Waals surface area contributed by atoms with Crippen LogP contribution < -0.4 is 5.32 Å². The average Bonchev–Trinajstić information content (AvgIpc) is 2.55. The smallest absolute Gasteiger partial charge is 0.127 e. The fraction of sp³-hybridized carbons (Fsp3) is 0.923. The fourth-order valence-electron chi connectivity index (χ4n) is 2.29. The lowest BCUT2D eigenvalue weighted by atomic mass is 10.0. The highest BCUT2D eigenvalue weighted by Crippen LogP contribution is 2.19. The molecule has 1 unspecified atom stereocenters. The number of hydrogen-bond acceptors (Lipinski definition) is 3. The molecule has 92 valence electrons. The molecular weight excluding hydrogens is 200 g/mol. The van der Waals surface area contributed by atoms with Crippen LogP contribution in [0.5, 0.6) is 0 Å². The molecule has 0 aliphatic heterocycles. The van der Waals surface area contributed by atoms with Crippen molar-refractivity contribution in [1.82, 2.24) is 5.32 Å². The third kappa shape index (κ3) is 4.51. The van der Waals surface area contributed by atoms with Gasteiger partial charge in [-0.3, -0.25) is 5.32 Å². The number of nitriles is 1. The lowest BCUT2D eigenvalue weighted by molar-refractivity contribution is 0.0993. The summed E-state index contributed by atoms with van der Waals surface area (Å²) in [5.41, 5.74) is -0.523. The van der Waals surface area contributed by atoms with Crippen molar-refractivity contribution in [3.63, 3.8) is 0 Å². The van der Waals surface area contributed by atoms with Gasteiger partial charge in [-0.05, 0) is 26.7 Å². The second-order valence-electron chi connectivity index (χ2n) is 4.91. The molecule has 1 fully saturated rings. The third-order valence-corrected chi connectivity index (χ3v) is 3.22. The van der Waals surface area contributed by atoms with Gasteiger partial charge in [-0.1, -0.05) is 25.7 Å². The van der Waals surface area contributed by atoms with Crippen molar-refractivity contribution < 1.29 is 4.74 Å². The third-order valence-electron chi connectivity index (χ3n) is 3.22. The molecule has 0 heterocycles. The first kappa shape index (κ1) is 13.5. The number of ether oxygens (including phenoxy) is 1. The van der Waals surface area contributed by atoms with E-state index in [2.05, 4.69) is 11.4 Å². The van der Waals surface area contributed by atoms with Crippen molar-refractivity contribution in [2.24, 2.45) is 0 Å². The number of rotatable bonds is 5. The number of nitrogens with zero attached hydrogens (tertiary/aromatic N) is 1. The minimum absolute atomic E-state index is 0.483. The zero-order chi connectivity index (χ0) is 11.9. The Morgan fingerprint density at radius 1 is 1.31 bits per heavy atom. The summed E-state index contributed by atoms with van der Waals surface area (Å²) in [6, 6.07) is 2.84. The van der Waals surface area contributed by atoms with Crippen LogP contribution in [0, 0.1) is 11.3 Å². The molecule has 1 aliphatic rings. The summed E-state index contributed by atoms with van der Waals surface area (Å²) in [5, 5.41) is 12.7. The molecule has 3 heteroatoms. The van der Waals surface area contributed by atoms with Gasteiger partial charge >= 0.3 is 0 Å². The predicted octanol–water partition coefficient (Wildman–Crippen LogP) is 2.62. The van der Waals surface area contributed by atoms with Gasteiger partial charge in [0.05, 0.1) is 12.7 Å². The highest BCUT2D eigenvalue weighted by atomic mass is 16.5. The van der Waals surface area contributed by atoms with Crippen LogP contribution in [0.2, 0.25) is 0 Å². The van der Waals surface area contributed by atoms with Crippen molar-refractivity contribution in [1.29, 1.82) is 5.26 Å². The molecule has 1 saturated carbocycles. The molecule has 0 aromatic rings. The minimum atomic E-state index is -0.523. The summed E-state index contributed by atoms with van der Waals surface area (Å²) >= 11 is 0. The van der Waals surface area contributed by atoms with Crippen molar-refractivity contribution in [3.05, 3.63) is 0 Å². The summed E-state index contributed by atoms with van der Waals surface area (Å²) < 4.78 is 5.38. The number of hydrogen-bond donors (Lipinski definition) is 1. The van der Waals surface area contributed by atoms with E-state index in [4.69, 9.17) is 4.74 Å². The van der Waals surface area contributed by atoms with Crippen LogP contribution in [-0.4, -0.2) is 24.8 Å². The quantitative estimate of drug-likeness (QED) is 0.730. The van der Waals surface area contributed by atoms with Gasteiger partial charge in [0.25, 0.3) is 0 Å². The Labute approximate surface area is 99.2 Å². The van der Waals surface area contributed by atoms with E-state index in [9.17, 15) is 5.26 Å². The van der Waals surface area contributed by atoms with E-state index in [0.29, 0.717) is 19.3 Å². The first-order valence-electron chi connectivity index (χ1n) is 6.47. The minimum Gasteiger partial charge on any atom is -0.379 e. The van der Waals surface area contributed by atoms with E-state index in [-0.39, 0.29) is 0 Å². The fourth-order valence-corrected chi connectivity index (χ4v) is 2.29. The molecule has 1 N–H and O–H groups in total. The monoisotopic (exact) mass is 224 g/mol. The summed E-state index contributed by atoms with van der Waals surface area (Å²) in [4.78, 5) is 0. The molecule has 1 rings (SSSR count). The Bertz CT molecular complexity index is 229. The Hall–Kier alpha value is -0.590. The predicted molar refractivity (Wildman–Crippen MR) is 65.1 cm³/mol. The van der Waals surface area contributed by atoms with Gasteiger partial charge in [0.2, 0.25) is 0 Å². The summed E-state index contributed by atoms with van der Waals surface area (Å²) in [7, 11) is 0. The Morgan fingerprint density at radius 3 is 2.44 bits per heavy atom. The molecule has 0 amide bonds. The zero-order valence-corrected chi connectivity index (χ0v) is 10.6. The van der Waals surface area contributed by atoms with E-state index in [1.807, 2.05) is 13.8 Å². The van der Waals surface area contributed by atoms with Crippen LogP contribution in [-0.2, 0) is 4.74 Å². The van der Waals surface area contributed by atoms with Gasteiger partial charge in [0.15, 0.2) is 0 Å². The maximum absolute atomic E-state index is 9.22. The second-order valence-corrected chi connectivity index (χ2v) is 4.91. The van der Waals surface area contributed by atoms with E-state index in [1.54, 1.807) is 0 Å². The van der Waals surface area contributed by atoms with E-state index < -0.39 is 5.54 Å². The second kappa shape index (κ2) is 6.88. The molecule has 0 aromatic carbocycles. The van der Waals surface area contributed by atoms with Crippen LogP contribution >= 0.6 is 0 Å². The van der Waals surface area contributed by atoms with Gasteiger partial charge < -0.3 is 4.74 Å². The molecule has 1 atom stereocenters. The molecule has 0 bridgehead atoms. The van der Waals surface area contributed by atoms with Crippen molar-refractivity contribution in [3.8, 4) is 6.07 Å². The van der Waals surface area contributed by atoms with Crippen LogP contribution in [0.4, 0.5) is 0 Å². The van der Waals surface area contributed by atoms with Gasteiger partial charge in [0.1, 0.15) is 5.54 Å². The van der Waals surface area contributed by atoms with Gasteiger partial charge in [0, 0.05) is 12.6 Å². The average molecular weight is 224 g/mol. The first-order chi connectivity index (χ1) is 7.70. The first-order valence-corrected chi connectivity index (χ1v) is 6.47. The summed E-state index contributed by atoms with van der Waals surface area (Å²) in [6.07, 6.45) is 7.65. The van der Waals surface area contributed by atoms with Crippen molar-refractivity contribution in [2.45, 2.75) is 64.0 Å². The maximum atomic E-state index is 9.22. The van der Waals surface area contributed by atoms with E-state index in [0.717, 1.165) is 0 Å². The largest absolute Gasteiger partial charge is 0.379 e. The van der Waals surface area contributed by atoms with Crippen molar-refractivity contribution >= 4 is 0 Å². The van der Waals surface area contributed by atoms with Crippen LogP contribution in [0.15, 0.2) is 0 Å². The summed E-state index contributed by atoms with van der Waals surface area (Å²) in [5.74, 6) is 0. The van der Waals surface area contributed by atoms with Crippen LogP contribution in [0.3, 0.4) is 0 Å². The van der Waals surface area contributed by atoms with E-state index in [1.165, 1.54) is 38.5 Å². The molecule has 0 radical (unpaired) electrons. The Kier molecular flexibility index (Phi) is 5.79. The molecule has 0 saturated heterocycles. The molecule has 16 heavy (non-hydrogen) atoms. The van der Waals surface area contributed by atoms with Gasteiger partial charge in [-0.25, -0.2) is 0 Å². The number of nitrogens with one attached hydrogen (secondary N) is 1. The van der Waals surface area contributed by atoms with Crippen LogP contribution in [0.25, 0.3) is 0 Å². The standard InChI is InChI=1S/C13H24N2O/c1-3-16-11-13(2,10-14)15-12-8-6-4-5-7-9-12/h12,15H,3-9,11H2,1-2H3. The molecule has 3 nitrogen and oxygen atoms in total. The van der Waals surface area contributed by atoms with Gasteiger partial charge in [-0.15, -0.1) is 0 Å². The highest BCUT2D eigenvalue weighted by Gasteiger charge is 2.27. The zero-order valence-electron chi connectivity index (χ0n) is 10.6. The maximum Gasteiger partial charge on any atom is 0.127 e. The molecule has 0 aromatic heterocycles.